The Labute approximate surface area is 201 Å². The lowest BCUT2D eigenvalue weighted by Crippen LogP contribution is -2.36. The Morgan fingerprint density at radius 2 is 1.74 bits per heavy atom. The normalized spacial score (nSPS) is 16.1. The van der Waals surface area contributed by atoms with Crippen molar-refractivity contribution in [2.45, 2.75) is 33.1 Å². The molecule has 10 nitrogen and oxygen atoms in total. The fourth-order valence-electron chi connectivity index (χ4n) is 4.26. The lowest BCUT2D eigenvalue weighted by molar-refractivity contribution is -0.127. The van der Waals surface area contributed by atoms with E-state index in [0.717, 1.165) is 71.0 Å². The number of morpholine rings is 1. The SMILES string of the molecule is CCN(CC)c1nc(NCCCN2CCCC2=O)nc(Nc2ccc(N3CCOCC3)cc2)n1. The second-order valence-electron chi connectivity index (χ2n) is 8.49. The second kappa shape index (κ2) is 11.8. The number of carbonyl (C=O) groups excluding carboxylic acids is 1. The first kappa shape index (κ1) is 24.0. The Balaban J connectivity index is 1.41. The molecule has 2 aliphatic rings. The Bertz CT molecular complexity index is 929. The van der Waals surface area contributed by atoms with Crippen molar-refractivity contribution in [2.75, 3.05) is 79.5 Å². The maximum atomic E-state index is 11.8. The number of amides is 1. The lowest BCUT2D eigenvalue weighted by Gasteiger charge is -2.28. The van der Waals surface area contributed by atoms with Crippen LogP contribution in [0, 0.1) is 0 Å². The van der Waals surface area contributed by atoms with Crippen LogP contribution in [-0.2, 0) is 9.53 Å². The minimum atomic E-state index is 0.259. The highest BCUT2D eigenvalue weighted by molar-refractivity contribution is 5.78. The number of aromatic nitrogens is 3. The van der Waals surface area contributed by atoms with E-state index in [4.69, 9.17) is 4.74 Å². The summed E-state index contributed by atoms with van der Waals surface area (Å²) in [6.45, 7) is 11.5. The Kier molecular flexibility index (Phi) is 8.35. The van der Waals surface area contributed by atoms with Gasteiger partial charge in [-0.3, -0.25) is 4.79 Å². The van der Waals surface area contributed by atoms with Crippen molar-refractivity contribution in [2.24, 2.45) is 0 Å². The van der Waals surface area contributed by atoms with Gasteiger partial charge in [0.25, 0.3) is 0 Å². The third-order valence-electron chi connectivity index (χ3n) is 6.23. The number of ether oxygens (including phenoxy) is 1. The molecule has 0 saturated carbocycles. The summed E-state index contributed by atoms with van der Waals surface area (Å²) in [6, 6.07) is 8.32. The quantitative estimate of drug-likeness (QED) is 0.482. The smallest absolute Gasteiger partial charge is 0.233 e. The van der Waals surface area contributed by atoms with E-state index in [1.165, 1.54) is 5.69 Å². The fraction of sp³-hybridized carbons (Fsp3) is 0.583. The van der Waals surface area contributed by atoms with Gasteiger partial charge >= 0.3 is 0 Å². The molecule has 0 aliphatic carbocycles. The molecular weight excluding hydrogens is 432 g/mol. The minimum absolute atomic E-state index is 0.259. The lowest BCUT2D eigenvalue weighted by atomic mass is 10.2. The fourth-order valence-corrected chi connectivity index (χ4v) is 4.26. The summed E-state index contributed by atoms with van der Waals surface area (Å²) < 4.78 is 5.45. The molecule has 2 aliphatic heterocycles. The van der Waals surface area contributed by atoms with Gasteiger partial charge < -0.3 is 30.1 Å². The first-order valence-corrected chi connectivity index (χ1v) is 12.4. The average Bonchev–Trinajstić information content (AvgIpc) is 3.28. The number of anilines is 5. The zero-order valence-electron chi connectivity index (χ0n) is 20.3. The van der Waals surface area contributed by atoms with Crippen LogP contribution in [0.15, 0.2) is 24.3 Å². The molecule has 0 bridgehead atoms. The topological polar surface area (TPSA) is 98.8 Å². The zero-order chi connectivity index (χ0) is 23.8. The Hall–Kier alpha value is -3.14. The summed E-state index contributed by atoms with van der Waals surface area (Å²) in [6.07, 6.45) is 2.50. The van der Waals surface area contributed by atoms with Crippen molar-refractivity contribution in [1.82, 2.24) is 19.9 Å². The van der Waals surface area contributed by atoms with E-state index < -0.39 is 0 Å². The number of benzene rings is 1. The van der Waals surface area contributed by atoms with Crippen molar-refractivity contribution in [3.05, 3.63) is 24.3 Å². The van der Waals surface area contributed by atoms with Gasteiger partial charge in [-0.25, -0.2) is 0 Å². The highest BCUT2D eigenvalue weighted by Crippen LogP contribution is 2.22. The summed E-state index contributed by atoms with van der Waals surface area (Å²) in [7, 11) is 0. The van der Waals surface area contributed by atoms with Crippen LogP contribution in [-0.4, -0.2) is 84.8 Å². The number of nitrogens with zero attached hydrogens (tertiary/aromatic N) is 6. The molecule has 0 radical (unpaired) electrons. The van der Waals surface area contributed by atoms with Gasteiger partial charge in [-0.15, -0.1) is 0 Å². The number of hydrogen-bond acceptors (Lipinski definition) is 9. The van der Waals surface area contributed by atoms with E-state index in [0.29, 0.717) is 30.8 Å². The molecule has 0 spiro atoms. The highest BCUT2D eigenvalue weighted by Gasteiger charge is 2.19. The summed E-state index contributed by atoms with van der Waals surface area (Å²) >= 11 is 0. The number of rotatable bonds is 11. The predicted octanol–water partition coefficient (Wildman–Crippen LogP) is 2.72. The van der Waals surface area contributed by atoms with Gasteiger partial charge in [0.05, 0.1) is 13.2 Å². The van der Waals surface area contributed by atoms with E-state index in [1.807, 2.05) is 17.0 Å². The summed E-state index contributed by atoms with van der Waals surface area (Å²) in [5.41, 5.74) is 2.11. The number of carbonyl (C=O) groups is 1. The van der Waals surface area contributed by atoms with Gasteiger partial charge in [0.1, 0.15) is 0 Å². The predicted molar refractivity (Wildman–Crippen MR) is 135 cm³/mol. The third-order valence-corrected chi connectivity index (χ3v) is 6.23. The summed E-state index contributed by atoms with van der Waals surface area (Å²) in [5.74, 6) is 1.95. The Morgan fingerprint density at radius 1 is 1.00 bits per heavy atom. The van der Waals surface area contributed by atoms with Crippen LogP contribution in [0.3, 0.4) is 0 Å². The first-order valence-electron chi connectivity index (χ1n) is 12.4. The van der Waals surface area contributed by atoms with E-state index in [9.17, 15) is 4.79 Å². The van der Waals surface area contributed by atoms with Crippen molar-refractivity contribution >= 4 is 35.1 Å². The van der Waals surface area contributed by atoms with E-state index in [1.54, 1.807) is 0 Å². The standard InChI is InChI=1S/C24H36N8O2/c1-3-30(4-2)24-28-22(25-12-6-14-32-13-5-7-21(32)33)27-23(29-24)26-19-8-10-20(11-9-19)31-15-17-34-18-16-31/h8-11H,3-7,12-18H2,1-2H3,(H2,25,26,27,28,29). The molecule has 2 saturated heterocycles. The molecular formula is C24H36N8O2. The van der Waals surface area contributed by atoms with Crippen molar-refractivity contribution < 1.29 is 9.53 Å². The minimum Gasteiger partial charge on any atom is -0.378 e. The summed E-state index contributed by atoms with van der Waals surface area (Å²) in [5, 5.41) is 6.65. The molecule has 1 amide bonds. The van der Waals surface area contributed by atoms with Crippen LogP contribution >= 0.6 is 0 Å². The van der Waals surface area contributed by atoms with Gasteiger partial charge in [0.2, 0.25) is 23.8 Å². The summed E-state index contributed by atoms with van der Waals surface area (Å²) in [4.78, 5) is 32.0. The number of likely N-dealkylation sites (tertiary alicyclic amines) is 1. The molecule has 3 heterocycles. The largest absolute Gasteiger partial charge is 0.378 e. The van der Waals surface area contributed by atoms with Crippen LogP contribution in [0.25, 0.3) is 0 Å². The molecule has 184 valence electrons. The molecule has 10 heteroatoms. The van der Waals surface area contributed by atoms with Crippen molar-refractivity contribution in [1.29, 1.82) is 0 Å². The van der Waals surface area contributed by atoms with Gasteiger partial charge in [-0.1, -0.05) is 0 Å². The molecule has 0 unspecified atom stereocenters. The number of hydrogen-bond donors (Lipinski definition) is 2. The van der Waals surface area contributed by atoms with Gasteiger partial charge in [-0.05, 0) is 51.0 Å². The monoisotopic (exact) mass is 468 g/mol. The average molecular weight is 469 g/mol. The molecule has 2 N–H and O–H groups in total. The maximum Gasteiger partial charge on any atom is 0.233 e. The molecule has 1 aromatic heterocycles. The van der Waals surface area contributed by atoms with Crippen LogP contribution in [0.2, 0.25) is 0 Å². The Morgan fingerprint density at radius 3 is 2.41 bits per heavy atom. The second-order valence-corrected chi connectivity index (χ2v) is 8.49. The van der Waals surface area contributed by atoms with Gasteiger partial charge in [0.15, 0.2) is 0 Å². The van der Waals surface area contributed by atoms with Crippen molar-refractivity contribution in [3.63, 3.8) is 0 Å². The van der Waals surface area contributed by atoms with Crippen LogP contribution in [0.1, 0.15) is 33.1 Å². The van der Waals surface area contributed by atoms with Crippen LogP contribution < -0.4 is 20.4 Å². The van der Waals surface area contributed by atoms with Crippen LogP contribution in [0.5, 0.6) is 0 Å². The molecule has 0 atom stereocenters. The van der Waals surface area contributed by atoms with Gasteiger partial charge in [0, 0.05) is 63.6 Å². The van der Waals surface area contributed by atoms with Crippen LogP contribution in [0.4, 0.5) is 29.2 Å². The highest BCUT2D eigenvalue weighted by atomic mass is 16.5. The van der Waals surface area contributed by atoms with E-state index in [2.05, 4.69) is 61.4 Å². The molecule has 34 heavy (non-hydrogen) atoms. The first-order chi connectivity index (χ1) is 16.7. The van der Waals surface area contributed by atoms with Crippen molar-refractivity contribution in [3.8, 4) is 0 Å². The molecule has 4 rings (SSSR count). The van der Waals surface area contributed by atoms with Gasteiger partial charge in [-0.2, -0.15) is 15.0 Å². The maximum absolute atomic E-state index is 11.8. The third kappa shape index (κ3) is 6.25. The zero-order valence-corrected chi connectivity index (χ0v) is 20.3. The number of nitrogens with one attached hydrogen (secondary N) is 2. The molecule has 2 aromatic rings. The van der Waals surface area contributed by atoms with E-state index >= 15 is 0 Å². The molecule has 2 fully saturated rings. The molecule has 1 aromatic carbocycles. The van der Waals surface area contributed by atoms with E-state index in [-0.39, 0.29) is 5.91 Å².